The van der Waals surface area contributed by atoms with Gasteiger partial charge in [-0.3, -0.25) is 10.1 Å². The minimum atomic E-state index is -0.302. The molecule has 3 aromatic rings. The van der Waals surface area contributed by atoms with Crippen LogP contribution in [-0.4, -0.2) is 23.1 Å². The van der Waals surface area contributed by atoms with Crippen molar-refractivity contribution in [2.45, 2.75) is 0 Å². The van der Waals surface area contributed by atoms with Crippen LogP contribution in [0.15, 0.2) is 53.9 Å². The summed E-state index contributed by atoms with van der Waals surface area (Å²) in [6.07, 6.45) is 3.02. The first kappa shape index (κ1) is 18.0. The SMILES string of the molecule is COc1cc(C=CC(=O)Nc2nc(-c3cccc(Cl)c3)cs2)ccc1O. The van der Waals surface area contributed by atoms with Gasteiger partial charge >= 0.3 is 0 Å². The molecule has 132 valence electrons. The van der Waals surface area contributed by atoms with E-state index in [0.29, 0.717) is 15.9 Å². The molecule has 0 bridgehead atoms. The standard InChI is InChI=1S/C19H15ClN2O3S/c1-25-17-9-12(5-7-16(17)23)6-8-18(24)22-19-21-15(11-26-19)13-3-2-4-14(20)10-13/h2-11,23H,1H3,(H,21,22,24). The van der Waals surface area contributed by atoms with E-state index in [1.165, 1.54) is 30.6 Å². The van der Waals surface area contributed by atoms with Crippen LogP contribution >= 0.6 is 22.9 Å². The van der Waals surface area contributed by atoms with Crippen molar-refractivity contribution in [2.75, 3.05) is 12.4 Å². The van der Waals surface area contributed by atoms with Crippen LogP contribution in [0.2, 0.25) is 5.02 Å². The Balaban J connectivity index is 1.67. The smallest absolute Gasteiger partial charge is 0.250 e. The molecule has 0 atom stereocenters. The van der Waals surface area contributed by atoms with Gasteiger partial charge in [0.15, 0.2) is 16.6 Å². The highest BCUT2D eigenvalue weighted by Gasteiger charge is 2.07. The van der Waals surface area contributed by atoms with Crippen molar-refractivity contribution in [3.05, 3.63) is 64.5 Å². The van der Waals surface area contributed by atoms with Crippen molar-refractivity contribution in [2.24, 2.45) is 0 Å². The monoisotopic (exact) mass is 386 g/mol. The lowest BCUT2D eigenvalue weighted by Crippen LogP contribution is -2.07. The van der Waals surface area contributed by atoms with Crippen LogP contribution < -0.4 is 10.1 Å². The number of hydrogen-bond donors (Lipinski definition) is 2. The number of phenolic OH excluding ortho intramolecular Hbond substituents is 1. The number of halogens is 1. The Kier molecular flexibility index (Phi) is 5.55. The molecular formula is C19H15ClN2O3S. The molecule has 0 fully saturated rings. The molecular weight excluding hydrogens is 372 g/mol. The van der Waals surface area contributed by atoms with Crippen molar-refractivity contribution in [3.63, 3.8) is 0 Å². The molecule has 0 aliphatic carbocycles. The van der Waals surface area contributed by atoms with E-state index in [9.17, 15) is 9.90 Å². The van der Waals surface area contributed by atoms with Gasteiger partial charge in [0.2, 0.25) is 5.91 Å². The predicted octanol–water partition coefficient (Wildman–Crippen LogP) is 4.83. The largest absolute Gasteiger partial charge is 0.504 e. The summed E-state index contributed by atoms with van der Waals surface area (Å²) in [5, 5.41) is 15.3. The number of benzene rings is 2. The third-order valence-corrected chi connectivity index (χ3v) is 4.48. The molecule has 1 aromatic heterocycles. The minimum Gasteiger partial charge on any atom is -0.504 e. The lowest BCUT2D eigenvalue weighted by molar-refractivity contribution is -0.111. The number of carbonyl (C=O) groups excluding carboxylic acids is 1. The molecule has 0 radical (unpaired) electrons. The van der Waals surface area contributed by atoms with Crippen molar-refractivity contribution in [1.82, 2.24) is 4.98 Å². The zero-order chi connectivity index (χ0) is 18.5. The number of amides is 1. The number of phenols is 1. The molecule has 5 nitrogen and oxygen atoms in total. The second kappa shape index (κ2) is 8.03. The number of aromatic hydroxyl groups is 1. The maximum Gasteiger partial charge on any atom is 0.250 e. The van der Waals surface area contributed by atoms with Gasteiger partial charge in [-0.15, -0.1) is 11.3 Å². The molecule has 0 saturated carbocycles. The number of thiazole rings is 1. The van der Waals surface area contributed by atoms with Crippen LogP contribution in [-0.2, 0) is 4.79 Å². The fraction of sp³-hybridized carbons (Fsp3) is 0.0526. The van der Waals surface area contributed by atoms with Crippen LogP contribution in [0.4, 0.5) is 5.13 Å². The number of nitrogens with zero attached hydrogens (tertiary/aromatic N) is 1. The van der Waals surface area contributed by atoms with Crippen LogP contribution in [0.3, 0.4) is 0 Å². The van der Waals surface area contributed by atoms with E-state index < -0.39 is 0 Å². The molecule has 2 aromatic carbocycles. The second-order valence-electron chi connectivity index (χ2n) is 5.30. The van der Waals surface area contributed by atoms with Crippen LogP contribution in [0, 0.1) is 0 Å². The molecule has 1 heterocycles. The van der Waals surface area contributed by atoms with E-state index in [4.69, 9.17) is 16.3 Å². The first-order valence-electron chi connectivity index (χ1n) is 7.62. The maximum absolute atomic E-state index is 12.1. The fourth-order valence-electron chi connectivity index (χ4n) is 2.23. The fourth-order valence-corrected chi connectivity index (χ4v) is 3.14. The summed E-state index contributed by atoms with van der Waals surface area (Å²) in [6.45, 7) is 0. The Morgan fingerprint density at radius 2 is 2.15 bits per heavy atom. The Labute approximate surface area is 159 Å². The van der Waals surface area contributed by atoms with E-state index >= 15 is 0 Å². The average Bonchev–Trinajstić information content (AvgIpc) is 3.09. The first-order valence-corrected chi connectivity index (χ1v) is 8.88. The van der Waals surface area contributed by atoms with Crippen LogP contribution in [0.1, 0.15) is 5.56 Å². The number of hydrogen-bond acceptors (Lipinski definition) is 5. The molecule has 0 aliphatic rings. The van der Waals surface area contributed by atoms with Gasteiger partial charge in [-0.25, -0.2) is 4.98 Å². The van der Waals surface area contributed by atoms with Crippen molar-refractivity contribution in [3.8, 4) is 22.8 Å². The van der Waals surface area contributed by atoms with Crippen molar-refractivity contribution < 1.29 is 14.6 Å². The summed E-state index contributed by atoms with van der Waals surface area (Å²) in [5.41, 5.74) is 2.37. The Morgan fingerprint density at radius 1 is 1.31 bits per heavy atom. The van der Waals surface area contributed by atoms with Gasteiger partial charge in [-0.2, -0.15) is 0 Å². The highest BCUT2D eigenvalue weighted by Crippen LogP contribution is 2.28. The number of nitrogens with one attached hydrogen (secondary N) is 1. The maximum atomic E-state index is 12.1. The Hall–Kier alpha value is -2.83. The number of rotatable bonds is 5. The molecule has 1 amide bonds. The number of anilines is 1. The predicted molar refractivity (Wildman–Crippen MR) is 105 cm³/mol. The van der Waals surface area contributed by atoms with E-state index in [1.54, 1.807) is 24.3 Å². The molecule has 0 spiro atoms. The van der Waals surface area contributed by atoms with Gasteiger partial charge in [0.25, 0.3) is 0 Å². The van der Waals surface area contributed by atoms with Crippen LogP contribution in [0.5, 0.6) is 11.5 Å². The zero-order valence-electron chi connectivity index (χ0n) is 13.8. The summed E-state index contributed by atoms with van der Waals surface area (Å²) in [7, 11) is 1.47. The number of methoxy groups -OCH3 is 1. The molecule has 26 heavy (non-hydrogen) atoms. The molecule has 2 N–H and O–H groups in total. The highest BCUT2D eigenvalue weighted by atomic mass is 35.5. The lowest BCUT2D eigenvalue weighted by atomic mass is 10.2. The summed E-state index contributed by atoms with van der Waals surface area (Å²) in [6, 6.07) is 12.2. The summed E-state index contributed by atoms with van der Waals surface area (Å²) < 4.78 is 5.04. The third kappa shape index (κ3) is 4.41. The van der Waals surface area contributed by atoms with Gasteiger partial charge in [-0.05, 0) is 35.9 Å². The molecule has 0 saturated heterocycles. The average molecular weight is 387 g/mol. The molecule has 0 aliphatic heterocycles. The van der Waals surface area contributed by atoms with Gasteiger partial charge < -0.3 is 9.84 Å². The first-order chi connectivity index (χ1) is 12.5. The highest BCUT2D eigenvalue weighted by molar-refractivity contribution is 7.14. The lowest BCUT2D eigenvalue weighted by Gasteiger charge is -2.03. The van der Waals surface area contributed by atoms with Crippen molar-refractivity contribution in [1.29, 1.82) is 0 Å². The Morgan fingerprint density at radius 3 is 2.92 bits per heavy atom. The summed E-state index contributed by atoms with van der Waals surface area (Å²) in [4.78, 5) is 16.5. The second-order valence-corrected chi connectivity index (χ2v) is 6.60. The summed E-state index contributed by atoms with van der Waals surface area (Å²) >= 11 is 7.32. The quantitative estimate of drug-likeness (QED) is 0.616. The molecule has 7 heteroatoms. The number of aromatic nitrogens is 1. The number of carbonyl (C=O) groups is 1. The normalized spacial score (nSPS) is 10.8. The van der Waals surface area contributed by atoms with Crippen molar-refractivity contribution >= 4 is 40.1 Å². The van der Waals surface area contributed by atoms with Crippen LogP contribution in [0.25, 0.3) is 17.3 Å². The Bertz CT molecular complexity index is 969. The number of ether oxygens (including phenoxy) is 1. The summed E-state index contributed by atoms with van der Waals surface area (Å²) in [5.74, 6) is 0.0908. The minimum absolute atomic E-state index is 0.0467. The molecule has 0 unspecified atom stereocenters. The van der Waals surface area contributed by atoms with Gasteiger partial charge in [0, 0.05) is 22.0 Å². The third-order valence-electron chi connectivity index (χ3n) is 3.49. The zero-order valence-corrected chi connectivity index (χ0v) is 15.3. The van der Waals surface area contributed by atoms with E-state index in [1.807, 2.05) is 23.6 Å². The van der Waals surface area contributed by atoms with Gasteiger partial charge in [0.1, 0.15) is 0 Å². The van der Waals surface area contributed by atoms with E-state index in [0.717, 1.165) is 16.8 Å². The van der Waals surface area contributed by atoms with E-state index in [-0.39, 0.29) is 11.7 Å². The topological polar surface area (TPSA) is 71.5 Å². The van der Waals surface area contributed by atoms with Gasteiger partial charge in [-0.1, -0.05) is 29.8 Å². The molecule has 3 rings (SSSR count). The van der Waals surface area contributed by atoms with E-state index in [2.05, 4.69) is 10.3 Å². The van der Waals surface area contributed by atoms with Gasteiger partial charge in [0.05, 0.1) is 12.8 Å².